The average Bonchev–Trinajstić information content (AvgIpc) is 1.86. The highest BCUT2D eigenvalue weighted by molar-refractivity contribution is 5.75. The molecule has 0 radical (unpaired) electrons. The summed E-state index contributed by atoms with van der Waals surface area (Å²) >= 11 is 0. The van der Waals surface area contributed by atoms with Crippen LogP contribution in [0.5, 0.6) is 0 Å². The zero-order chi connectivity index (χ0) is 8.91. The fourth-order valence-electron chi connectivity index (χ4n) is 0.392. The normalized spacial score (nSPS) is 10.8. The van der Waals surface area contributed by atoms with Crippen molar-refractivity contribution in [2.45, 2.75) is 20.8 Å². The molecule has 4 heteroatoms. The summed E-state index contributed by atoms with van der Waals surface area (Å²) in [6.07, 6.45) is 0. The number of rotatable bonds is 3. The van der Waals surface area contributed by atoms with Crippen molar-refractivity contribution in [1.29, 1.82) is 0 Å². The number of esters is 1. The highest BCUT2D eigenvalue weighted by atomic mass is 16.5. The lowest BCUT2D eigenvalue weighted by Crippen LogP contribution is -2.23. The molecule has 0 amide bonds. The molecule has 11 heavy (non-hydrogen) atoms. The van der Waals surface area contributed by atoms with E-state index in [0.717, 1.165) is 0 Å². The van der Waals surface area contributed by atoms with Crippen LogP contribution in [0.15, 0.2) is 5.18 Å². The molecular weight excluding hydrogens is 146 g/mol. The zero-order valence-electron chi connectivity index (χ0n) is 7.09. The molecule has 0 bridgehead atoms. The van der Waals surface area contributed by atoms with Crippen molar-refractivity contribution in [1.82, 2.24) is 0 Å². The summed E-state index contributed by atoms with van der Waals surface area (Å²) < 4.78 is 4.71. The van der Waals surface area contributed by atoms with Gasteiger partial charge in [-0.1, -0.05) is 5.18 Å². The van der Waals surface area contributed by atoms with E-state index < -0.39 is 5.41 Å². The number of hydrogen-bond donors (Lipinski definition) is 0. The zero-order valence-corrected chi connectivity index (χ0v) is 7.09. The predicted molar refractivity (Wildman–Crippen MR) is 41.1 cm³/mol. The number of nitrogens with zero attached hydrogens (tertiary/aromatic N) is 1. The molecule has 0 aromatic rings. The van der Waals surface area contributed by atoms with E-state index in [1.165, 1.54) is 0 Å². The Kier molecular flexibility index (Phi) is 3.71. The van der Waals surface area contributed by atoms with Crippen molar-refractivity contribution >= 4 is 5.97 Å². The van der Waals surface area contributed by atoms with Gasteiger partial charge in [-0.15, -0.1) is 0 Å². The minimum atomic E-state index is -0.497. The lowest BCUT2D eigenvalue weighted by Gasteiger charge is -2.15. The van der Waals surface area contributed by atoms with Crippen LogP contribution in [-0.2, 0) is 9.53 Å². The molecule has 0 aliphatic rings. The minimum absolute atomic E-state index is 0.0296. The highest BCUT2D eigenvalue weighted by Crippen LogP contribution is 2.14. The van der Waals surface area contributed by atoms with Gasteiger partial charge in [0.1, 0.15) is 13.2 Å². The molecule has 0 aromatic heterocycles. The first-order chi connectivity index (χ1) is 4.98. The van der Waals surface area contributed by atoms with Crippen LogP contribution < -0.4 is 0 Å². The van der Waals surface area contributed by atoms with Gasteiger partial charge in [-0.2, -0.15) is 4.91 Å². The minimum Gasteiger partial charge on any atom is -0.463 e. The third-order valence-electron chi connectivity index (χ3n) is 1.03. The maximum absolute atomic E-state index is 11.0. The van der Waals surface area contributed by atoms with Crippen molar-refractivity contribution in [2.24, 2.45) is 10.6 Å². The Morgan fingerprint density at radius 1 is 1.45 bits per heavy atom. The summed E-state index contributed by atoms with van der Waals surface area (Å²) in [5.74, 6) is -0.304. The van der Waals surface area contributed by atoms with Crippen molar-refractivity contribution in [2.75, 3.05) is 13.2 Å². The first-order valence-corrected chi connectivity index (χ1v) is 3.45. The molecule has 0 heterocycles. The maximum Gasteiger partial charge on any atom is 0.311 e. The monoisotopic (exact) mass is 159 g/mol. The van der Waals surface area contributed by atoms with Crippen LogP contribution in [0.25, 0.3) is 0 Å². The maximum atomic E-state index is 11.0. The average molecular weight is 159 g/mol. The van der Waals surface area contributed by atoms with Gasteiger partial charge in [-0.25, -0.2) is 0 Å². The largest absolute Gasteiger partial charge is 0.463 e. The van der Waals surface area contributed by atoms with E-state index >= 15 is 0 Å². The Labute approximate surface area is 65.9 Å². The molecule has 0 atom stereocenters. The molecule has 0 aromatic carbocycles. The summed E-state index contributed by atoms with van der Waals surface area (Å²) in [5.41, 5.74) is -0.497. The summed E-state index contributed by atoms with van der Waals surface area (Å²) in [6, 6.07) is 0. The van der Waals surface area contributed by atoms with E-state index in [1.54, 1.807) is 20.8 Å². The van der Waals surface area contributed by atoms with Crippen molar-refractivity contribution < 1.29 is 9.53 Å². The van der Waals surface area contributed by atoms with Gasteiger partial charge < -0.3 is 4.74 Å². The third kappa shape index (κ3) is 4.47. The van der Waals surface area contributed by atoms with Gasteiger partial charge in [-0.3, -0.25) is 4.79 Å². The molecular formula is C7H13NO3. The molecule has 4 nitrogen and oxygen atoms in total. The number of carbonyl (C=O) groups excluding carboxylic acids is 1. The Hall–Kier alpha value is -0.930. The smallest absolute Gasteiger partial charge is 0.311 e. The van der Waals surface area contributed by atoms with Crippen LogP contribution in [0.1, 0.15) is 20.8 Å². The number of carbonyl (C=O) groups is 1. The van der Waals surface area contributed by atoms with Gasteiger partial charge in [0, 0.05) is 0 Å². The van der Waals surface area contributed by atoms with Crippen LogP contribution in [0, 0.1) is 10.3 Å². The third-order valence-corrected chi connectivity index (χ3v) is 1.03. The predicted octanol–water partition coefficient (Wildman–Crippen LogP) is 1.34. The summed E-state index contributed by atoms with van der Waals surface area (Å²) in [7, 11) is 0. The summed E-state index contributed by atoms with van der Waals surface area (Å²) in [4.78, 5) is 20.6. The van der Waals surface area contributed by atoms with Gasteiger partial charge in [0.25, 0.3) is 0 Å². The number of nitroso groups, excluding NO2 is 1. The molecule has 0 N–H and O–H groups in total. The fraction of sp³-hybridized carbons (Fsp3) is 0.857. The topological polar surface area (TPSA) is 55.7 Å². The molecule has 0 spiro atoms. The lowest BCUT2D eigenvalue weighted by atomic mass is 9.97. The van der Waals surface area contributed by atoms with Crippen LogP contribution in [-0.4, -0.2) is 19.1 Å². The van der Waals surface area contributed by atoms with E-state index in [0.29, 0.717) is 0 Å². The van der Waals surface area contributed by atoms with Gasteiger partial charge >= 0.3 is 5.97 Å². The Balaban J connectivity index is 3.62. The molecule has 0 unspecified atom stereocenters. The Morgan fingerprint density at radius 3 is 2.36 bits per heavy atom. The first-order valence-electron chi connectivity index (χ1n) is 3.45. The summed E-state index contributed by atoms with van der Waals surface area (Å²) in [5, 5.41) is 2.56. The molecule has 0 saturated carbocycles. The van der Waals surface area contributed by atoms with Gasteiger partial charge in [-0.05, 0) is 20.8 Å². The molecule has 0 aliphatic heterocycles. The molecule has 0 fully saturated rings. The standard InChI is InChI=1S/C7H13NO3/c1-7(2,3)6(9)11-5-4-8-10/h4-5H2,1-3H3. The second-order valence-corrected chi connectivity index (χ2v) is 3.24. The Bertz CT molecular complexity index is 148. The lowest BCUT2D eigenvalue weighted by molar-refractivity contribution is -0.152. The van der Waals surface area contributed by atoms with E-state index in [4.69, 9.17) is 4.74 Å². The van der Waals surface area contributed by atoms with Crippen LogP contribution in [0.2, 0.25) is 0 Å². The second-order valence-electron chi connectivity index (χ2n) is 3.24. The second kappa shape index (κ2) is 4.05. The van der Waals surface area contributed by atoms with Crippen molar-refractivity contribution in [3.63, 3.8) is 0 Å². The van der Waals surface area contributed by atoms with Gasteiger partial charge in [0.2, 0.25) is 0 Å². The molecule has 0 aliphatic carbocycles. The molecule has 64 valence electrons. The summed E-state index contributed by atoms with van der Waals surface area (Å²) in [6.45, 7) is 5.37. The van der Waals surface area contributed by atoms with E-state index in [2.05, 4.69) is 5.18 Å². The quantitative estimate of drug-likeness (QED) is 0.354. The molecule has 0 saturated heterocycles. The van der Waals surface area contributed by atoms with Crippen molar-refractivity contribution in [3.05, 3.63) is 4.91 Å². The van der Waals surface area contributed by atoms with Gasteiger partial charge in [0.15, 0.2) is 0 Å². The Morgan fingerprint density at radius 2 is 2.00 bits per heavy atom. The van der Waals surface area contributed by atoms with Gasteiger partial charge in [0.05, 0.1) is 5.41 Å². The number of hydrogen-bond acceptors (Lipinski definition) is 4. The van der Waals surface area contributed by atoms with E-state index in [9.17, 15) is 9.70 Å². The van der Waals surface area contributed by atoms with Crippen LogP contribution in [0.3, 0.4) is 0 Å². The highest BCUT2D eigenvalue weighted by Gasteiger charge is 2.22. The van der Waals surface area contributed by atoms with Crippen LogP contribution in [0.4, 0.5) is 0 Å². The van der Waals surface area contributed by atoms with Crippen molar-refractivity contribution in [3.8, 4) is 0 Å². The molecule has 0 rings (SSSR count). The SMILES string of the molecule is CC(C)(C)C(=O)OCCN=O. The fourth-order valence-corrected chi connectivity index (χ4v) is 0.392. The van der Waals surface area contributed by atoms with Crippen LogP contribution >= 0.6 is 0 Å². The first kappa shape index (κ1) is 10.1. The van der Waals surface area contributed by atoms with E-state index in [1.807, 2.05) is 0 Å². The number of ether oxygens (including phenoxy) is 1. The van der Waals surface area contributed by atoms with E-state index in [-0.39, 0.29) is 19.1 Å².